The van der Waals surface area contributed by atoms with Crippen LogP contribution in [0.15, 0.2) is 66.7 Å². The molecule has 5 rings (SSSR count). The van der Waals surface area contributed by atoms with Crippen molar-refractivity contribution in [1.82, 2.24) is 9.88 Å². The van der Waals surface area contributed by atoms with Gasteiger partial charge in [0.05, 0.1) is 30.4 Å². The minimum atomic E-state index is -4.75. The average molecular weight is 586 g/mol. The number of urea groups is 1. The highest BCUT2D eigenvalue weighted by molar-refractivity contribution is 6.31. The summed E-state index contributed by atoms with van der Waals surface area (Å²) in [6.07, 6.45) is -4.66. The molecule has 1 aliphatic heterocycles. The molecule has 0 bridgehead atoms. The van der Waals surface area contributed by atoms with Gasteiger partial charge in [0.1, 0.15) is 12.1 Å². The molecule has 0 aliphatic carbocycles. The molecule has 2 heterocycles. The zero-order chi connectivity index (χ0) is 29.5. The molecule has 1 aromatic heterocycles. The van der Waals surface area contributed by atoms with Gasteiger partial charge in [0.25, 0.3) is 0 Å². The third-order valence-electron chi connectivity index (χ3n) is 7.01. The van der Waals surface area contributed by atoms with Crippen LogP contribution in [0.1, 0.15) is 38.8 Å². The molecule has 3 aromatic carbocycles. The van der Waals surface area contributed by atoms with E-state index in [0.717, 1.165) is 28.6 Å². The lowest BCUT2D eigenvalue weighted by molar-refractivity contribution is -0.146. The number of benzene rings is 3. The van der Waals surface area contributed by atoms with Gasteiger partial charge in [-0.1, -0.05) is 41.9 Å². The monoisotopic (exact) mass is 585 g/mol. The van der Waals surface area contributed by atoms with E-state index >= 15 is 0 Å². The number of amides is 2. The number of fused-ring (bicyclic) bond motifs is 3. The Morgan fingerprint density at radius 3 is 2.37 bits per heavy atom. The summed E-state index contributed by atoms with van der Waals surface area (Å²) in [6, 6.07) is 13.8. The Kier molecular flexibility index (Phi) is 7.39. The van der Waals surface area contributed by atoms with Crippen molar-refractivity contribution >= 4 is 46.2 Å². The molecule has 0 spiro atoms. The minimum absolute atomic E-state index is 0.0879. The van der Waals surface area contributed by atoms with Crippen molar-refractivity contribution in [2.24, 2.45) is 0 Å². The molecular weight excluding hydrogens is 563 g/mol. The van der Waals surface area contributed by atoms with E-state index in [1.54, 1.807) is 12.1 Å². The maximum absolute atomic E-state index is 13.9. The maximum atomic E-state index is 13.9. The van der Waals surface area contributed by atoms with Crippen LogP contribution in [-0.2, 0) is 26.9 Å². The molecule has 2 N–H and O–H groups in total. The van der Waals surface area contributed by atoms with Crippen molar-refractivity contribution in [3.63, 3.8) is 0 Å². The number of methoxy groups -OCH3 is 2. The van der Waals surface area contributed by atoms with E-state index in [2.05, 4.69) is 10.3 Å². The number of halogens is 4. The Hall–Kier alpha value is -4.51. The molecular formula is C29H23ClF3N3O5. The summed E-state index contributed by atoms with van der Waals surface area (Å²) in [4.78, 5) is 43.6. The number of para-hydroxylation sites is 1. The quantitative estimate of drug-likeness (QED) is 0.272. The second-order valence-corrected chi connectivity index (χ2v) is 9.76. The fraction of sp³-hybridized carbons (Fsp3) is 0.207. The van der Waals surface area contributed by atoms with E-state index in [-0.39, 0.29) is 17.7 Å². The van der Waals surface area contributed by atoms with E-state index in [1.807, 2.05) is 24.3 Å². The molecule has 8 nitrogen and oxygen atoms in total. The van der Waals surface area contributed by atoms with Crippen molar-refractivity contribution in [3.05, 3.63) is 99.7 Å². The second kappa shape index (κ2) is 10.8. The van der Waals surface area contributed by atoms with Crippen LogP contribution >= 0.6 is 11.6 Å². The third kappa shape index (κ3) is 5.20. The summed E-state index contributed by atoms with van der Waals surface area (Å²) in [6.45, 7) is 0. The number of hydrogen-bond donors (Lipinski definition) is 2. The number of hydrogen-bond acceptors (Lipinski definition) is 5. The number of nitrogens with zero attached hydrogens (tertiary/aromatic N) is 1. The van der Waals surface area contributed by atoms with Gasteiger partial charge in [-0.25, -0.2) is 14.4 Å². The normalized spacial score (nSPS) is 16.7. The first-order valence-electron chi connectivity index (χ1n) is 12.3. The number of anilines is 1. The molecule has 212 valence electrons. The summed E-state index contributed by atoms with van der Waals surface area (Å²) >= 11 is 5.75. The van der Waals surface area contributed by atoms with Crippen LogP contribution in [0.25, 0.3) is 10.9 Å². The standard InChI is InChI=1S/C29H23ClF3N3O5/c1-40-26(37)16-9-7-15(8-10-16)25-24-19(18-5-3-4-6-22(18)35-24)14-23(27(38)41-2)36(25)28(39)34-17-11-12-21(30)20(13-17)29(31,32)33/h3-13,23,25,35H,14H2,1-2H3,(H,34,39). The first-order valence-corrected chi connectivity index (χ1v) is 12.7. The van der Waals surface area contributed by atoms with Crippen LogP contribution in [0.5, 0.6) is 0 Å². The van der Waals surface area contributed by atoms with Gasteiger partial charge in [0.2, 0.25) is 0 Å². The Morgan fingerprint density at radius 2 is 1.71 bits per heavy atom. The largest absolute Gasteiger partial charge is 0.467 e. The van der Waals surface area contributed by atoms with Gasteiger partial charge in [-0.3, -0.25) is 4.90 Å². The SMILES string of the molecule is COC(=O)c1ccc(C2c3[nH]c4ccccc4c3CC(C(=O)OC)N2C(=O)Nc2ccc(Cl)c(C(F)(F)F)c2)cc1. The number of ether oxygens (including phenoxy) is 2. The summed E-state index contributed by atoms with van der Waals surface area (Å²) in [5.74, 6) is -1.27. The van der Waals surface area contributed by atoms with Crippen LogP contribution < -0.4 is 5.32 Å². The number of nitrogens with one attached hydrogen (secondary N) is 2. The Balaban J connectivity index is 1.65. The molecule has 4 aromatic rings. The lowest BCUT2D eigenvalue weighted by atomic mass is 9.88. The summed E-state index contributed by atoms with van der Waals surface area (Å²) in [7, 11) is 2.44. The molecule has 0 saturated carbocycles. The average Bonchev–Trinajstić information content (AvgIpc) is 3.34. The van der Waals surface area contributed by atoms with E-state index in [9.17, 15) is 27.6 Å². The van der Waals surface area contributed by atoms with Gasteiger partial charge in [-0.2, -0.15) is 13.2 Å². The van der Waals surface area contributed by atoms with Gasteiger partial charge >= 0.3 is 24.1 Å². The van der Waals surface area contributed by atoms with Crippen molar-refractivity contribution in [1.29, 1.82) is 0 Å². The lowest BCUT2D eigenvalue weighted by Gasteiger charge is -2.40. The molecule has 2 atom stereocenters. The zero-order valence-electron chi connectivity index (χ0n) is 21.7. The number of H-pyrrole nitrogens is 1. The highest BCUT2D eigenvalue weighted by Crippen LogP contribution is 2.42. The molecule has 2 amide bonds. The van der Waals surface area contributed by atoms with Gasteiger partial charge in [-0.05, 0) is 47.5 Å². The predicted octanol–water partition coefficient (Wildman–Crippen LogP) is 6.35. The van der Waals surface area contributed by atoms with Crippen LogP contribution in [0, 0.1) is 0 Å². The predicted molar refractivity (Wildman–Crippen MR) is 145 cm³/mol. The van der Waals surface area contributed by atoms with Gasteiger partial charge in [-0.15, -0.1) is 0 Å². The molecule has 12 heteroatoms. The van der Waals surface area contributed by atoms with Crippen LogP contribution in [-0.4, -0.2) is 48.1 Å². The first kappa shape index (κ1) is 28.0. The van der Waals surface area contributed by atoms with Crippen LogP contribution in [0.4, 0.5) is 23.7 Å². The number of aromatic nitrogens is 1. The fourth-order valence-electron chi connectivity index (χ4n) is 5.13. The number of esters is 2. The van der Waals surface area contributed by atoms with Crippen molar-refractivity contribution in [3.8, 4) is 0 Å². The molecule has 2 unspecified atom stereocenters. The van der Waals surface area contributed by atoms with Crippen molar-refractivity contribution in [2.75, 3.05) is 19.5 Å². The number of rotatable bonds is 4. The third-order valence-corrected chi connectivity index (χ3v) is 7.34. The Morgan fingerprint density at radius 1 is 1.00 bits per heavy atom. The zero-order valence-corrected chi connectivity index (χ0v) is 22.5. The molecule has 1 aliphatic rings. The van der Waals surface area contributed by atoms with E-state index in [4.69, 9.17) is 21.1 Å². The maximum Gasteiger partial charge on any atom is 0.417 e. The van der Waals surface area contributed by atoms with E-state index in [1.165, 1.54) is 37.3 Å². The summed E-state index contributed by atoms with van der Waals surface area (Å²) < 4.78 is 50.3. The van der Waals surface area contributed by atoms with Crippen LogP contribution in [0.2, 0.25) is 5.02 Å². The second-order valence-electron chi connectivity index (χ2n) is 9.35. The van der Waals surface area contributed by atoms with E-state index in [0.29, 0.717) is 11.3 Å². The van der Waals surface area contributed by atoms with Gasteiger partial charge in [0.15, 0.2) is 0 Å². The number of carbonyl (C=O) groups is 3. The van der Waals surface area contributed by atoms with Gasteiger partial charge in [0, 0.05) is 28.7 Å². The molecule has 0 fully saturated rings. The van der Waals surface area contributed by atoms with E-state index < -0.39 is 46.8 Å². The minimum Gasteiger partial charge on any atom is -0.467 e. The van der Waals surface area contributed by atoms with Crippen LogP contribution in [0.3, 0.4) is 0 Å². The number of carbonyl (C=O) groups excluding carboxylic acids is 3. The molecule has 41 heavy (non-hydrogen) atoms. The number of aromatic amines is 1. The summed E-state index contributed by atoms with van der Waals surface area (Å²) in [5, 5.41) is 2.82. The summed E-state index contributed by atoms with van der Waals surface area (Å²) in [5.41, 5.74) is 1.68. The lowest BCUT2D eigenvalue weighted by Crippen LogP contribution is -2.53. The smallest absolute Gasteiger partial charge is 0.417 e. The highest BCUT2D eigenvalue weighted by atomic mass is 35.5. The number of alkyl halides is 3. The van der Waals surface area contributed by atoms with Crippen molar-refractivity contribution in [2.45, 2.75) is 24.7 Å². The van der Waals surface area contributed by atoms with Crippen molar-refractivity contribution < 1.29 is 37.0 Å². The molecule has 0 saturated heterocycles. The van der Waals surface area contributed by atoms with Gasteiger partial charge < -0.3 is 19.8 Å². The Labute approximate surface area is 237 Å². The highest BCUT2D eigenvalue weighted by Gasteiger charge is 2.44. The first-order chi connectivity index (χ1) is 19.5. The topological polar surface area (TPSA) is 101 Å². The molecule has 0 radical (unpaired) electrons. The fourth-order valence-corrected chi connectivity index (χ4v) is 5.36. The Bertz CT molecular complexity index is 1650.